The molecule has 0 radical (unpaired) electrons. The first kappa shape index (κ1) is 25.7. The molecule has 6 bridgehead atoms. The Hall–Kier alpha value is -3.41. The SMILES string of the molecule is CCCS(=O)(=O)NCCNC(=O)Nc1ccc2cc1CCc1cccc(c1)Nc1ncc(Cl)c(n1)N2. The Bertz CT molecular complexity index is 1350. The highest BCUT2D eigenvalue weighted by Gasteiger charge is 2.13. The Morgan fingerprint density at radius 2 is 1.92 bits per heavy atom. The Morgan fingerprint density at radius 1 is 1.08 bits per heavy atom. The molecule has 1 aliphatic rings. The van der Waals surface area contributed by atoms with Crippen LogP contribution in [0.15, 0.2) is 48.7 Å². The summed E-state index contributed by atoms with van der Waals surface area (Å²) in [5, 5.41) is 12.4. The number of urea groups is 1. The first-order chi connectivity index (χ1) is 17.3. The number of benzene rings is 2. The van der Waals surface area contributed by atoms with Crippen molar-refractivity contribution in [3.8, 4) is 0 Å². The van der Waals surface area contributed by atoms with Crippen molar-refractivity contribution in [2.75, 3.05) is 34.8 Å². The van der Waals surface area contributed by atoms with Crippen LogP contribution in [0.2, 0.25) is 5.02 Å². The number of nitrogens with zero attached hydrogens (tertiary/aromatic N) is 2. The van der Waals surface area contributed by atoms with Crippen molar-refractivity contribution >= 4 is 56.5 Å². The molecule has 12 heteroatoms. The molecule has 0 atom stereocenters. The van der Waals surface area contributed by atoms with Gasteiger partial charge in [-0.1, -0.05) is 30.7 Å². The van der Waals surface area contributed by atoms with Crippen molar-refractivity contribution in [1.82, 2.24) is 20.0 Å². The minimum Gasteiger partial charge on any atom is -0.339 e. The molecule has 10 nitrogen and oxygen atoms in total. The topological polar surface area (TPSA) is 137 Å². The molecule has 190 valence electrons. The minimum atomic E-state index is -3.31. The van der Waals surface area contributed by atoms with E-state index < -0.39 is 16.1 Å². The minimum absolute atomic E-state index is 0.0590. The van der Waals surface area contributed by atoms with Crippen LogP contribution in [-0.2, 0) is 22.9 Å². The number of carbonyl (C=O) groups is 1. The zero-order valence-electron chi connectivity index (χ0n) is 19.8. The summed E-state index contributed by atoms with van der Waals surface area (Å²) in [6, 6.07) is 13.1. The summed E-state index contributed by atoms with van der Waals surface area (Å²) in [6.45, 7) is 2.08. The number of fused-ring (bicyclic) bond motifs is 6. The van der Waals surface area contributed by atoms with Crippen molar-refractivity contribution in [2.45, 2.75) is 26.2 Å². The number of hydrogen-bond donors (Lipinski definition) is 5. The van der Waals surface area contributed by atoms with Gasteiger partial charge in [0.05, 0.1) is 11.9 Å². The molecule has 5 N–H and O–H groups in total. The fourth-order valence-electron chi connectivity index (χ4n) is 3.75. The number of rotatable bonds is 7. The lowest BCUT2D eigenvalue weighted by atomic mass is 10.0. The fraction of sp³-hybridized carbons (Fsp3) is 0.292. The second kappa shape index (κ2) is 11.5. The number of halogens is 1. The van der Waals surface area contributed by atoms with Gasteiger partial charge in [0, 0.05) is 30.2 Å². The quantitative estimate of drug-likeness (QED) is 0.290. The van der Waals surface area contributed by atoms with Crippen LogP contribution in [-0.4, -0.2) is 43.3 Å². The van der Waals surface area contributed by atoms with E-state index >= 15 is 0 Å². The van der Waals surface area contributed by atoms with Gasteiger partial charge in [0.2, 0.25) is 16.0 Å². The second-order valence-electron chi connectivity index (χ2n) is 8.31. The van der Waals surface area contributed by atoms with Crippen LogP contribution in [0.5, 0.6) is 0 Å². The van der Waals surface area contributed by atoms with Gasteiger partial charge in [0.1, 0.15) is 5.02 Å². The van der Waals surface area contributed by atoms with Gasteiger partial charge < -0.3 is 21.3 Å². The maximum absolute atomic E-state index is 12.5. The van der Waals surface area contributed by atoms with Gasteiger partial charge in [0.25, 0.3) is 0 Å². The van der Waals surface area contributed by atoms with Crippen LogP contribution >= 0.6 is 11.6 Å². The van der Waals surface area contributed by atoms with Crippen molar-refractivity contribution in [3.05, 3.63) is 64.8 Å². The average Bonchev–Trinajstić information content (AvgIpc) is 2.84. The monoisotopic (exact) mass is 529 g/mol. The molecular weight excluding hydrogens is 502 g/mol. The normalized spacial score (nSPS) is 12.7. The van der Waals surface area contributed by atoms with Crippen molar-refractivity contribution in [3.63, 3.8) is 0 Å². The van der Waals surface area contributed by atoms with Gasteiger partial charge in [0.15, 0.2) is 5.82 Å². The smallest absolute Gasteiger partial charge is 0.319 e. The molecule has 0 aliphatic carbocycles. The molecule has 1 aromatic heterocycles. The standard InChI is InChI=1S/C24H28ClN7O3S/c1-2-12-36(34,35)28-11-10-26-24(33)31-21-9-8-19-14-17(21)7-6-16-4-3-5-18(13-16)30-23-27-15-20(25)22(29-19)32-23/h3-5,8-9,13-15,28H,2,6-7,10-12H2,1H3,(H2,26,31,33)(H2,27,29,30,32). The van der Waals surface area contributed by atoms with E-state index in [2.05, 4.69) is 36.0 Å². The fourth-order valence-corrected chi connectivity index (χ4v) is 4.99. The van der Waals surface area contributed by atoms with Crippen molar-refractivity contribution in [1.29, 1.82) is 0 Å². The lowest BCUT2D eigenvalue weighted by molar-refractivity contribution is 0.252. The molecule has 2 heterocycles. The molecule has 4 rings (SSSR count). The first-order valence-corrected chi connectivity index (χ1v) is 13.6. The molecule has 0 saturated carbocycles. The van der Waals surface area contributed by atoms with Gasteiger partial charge >= 0.3 is 6.03 Å². The zero-order chi connectivity index (χ0) is 25.5. The number of nitrogens with one attached hydrogen (secondary N) is 5. The first-order valence-electron chi connectivity index (χ1n) is 11.6. The predicted octanol–water partition coefficient (Wildman–Crippen LogP) is 4.17. The summed E-state index contributed by atoms with van der Waals surface area (Å²) in [6.07, 6.45) is 3.48. The number of hydrogen-bond acceptors (Lipinski definition) is 7. The zero-order valence-corrected chi connectivity index (χ0v) is 21.3. The van der Waals surface area contributed by atoms with Gasteiger partial charge in [-0.2, -0.15) is 4.98 Å². The molecule has 2 aromatic carbocycles. The van der Waals surface area contributed by atoms with E-state index in [0.29, 0.717) is 35.3 Å². The Labute approximate surface area is 215 Å². The Morgan fingerprint density at radius 3 is 2.75 bits per heavy atom. The number of aromatic nitrogens is 2. The summed E-state index contributed by atoms with van der Waals surface area (Å²) in [5.41, 5.74) is 4.31. The summed E-state index contributed by atoms with van der Waals surface area (Å²) < 4.78 is 26.0. The lowest BCUT2D eigenvalue weighted by Crippen LogP contribution is -2.37. The van der Waals surface area contributed by atoms with Crippen LogP contribution < -0.4 is 26.0 Å². The van der Waals surface area contributed by atoms with Crippen molar-refractivity contribution in [2.24, 2.45) is 0 Å². The van der Waals surface area contributed by atoms with E-state index in [9.17, 15) is 13.2 Å². The van der Waals surface area contributed by atoms with Gasteiger partial charge in [-0.25, -0.2) is 22.9 Å². The largest absolute Gasteiger partial charge is 0.339 e. The van der Waals surface area contributed by atoms with Crippen LogP contribution in [0.3, 0.4) is 0 Å². The van der Waals surface area contributed by atoms with Crippen molar-refractivity contribution < 1.29 is 13.2 Å². The Kier molecular flexibility index (Phi) is 8.24. The maximum Gasteiger partial charge on any atom is 0.319 e. The van der Waals surface area contributed by atoms with E-state index in [0.717, 1.165) is 28.9 Å². The second-order valence-corrected chi connectivity index (χ2v) is 10.6. The Balaban J connectivity index is 1.51. The predicted molar refractivity (Wildman–Crippen MR) is 143 cm³/mol. The number of carbonyl (C=O) groups excluding carboxylic acids is 1. The highest BCUT2D eigenvalue weighted by molar-refractivity contribution is 7.89. The van der Waals surface area contributed by atoms with E-state index in [4.69, 9.17) is 11.6 Å². The number of anilines is 5. The van der Waals surface area contributed by atoms with E-state index in [1.54, 1.807) is 6.92 Å². The van der Waals surface area contributed by atoms with Crippen LogP contribution in [0, 0.1) is 0 Å². The van der Waals surface area contributed by atoms with Gasteiger partial charge in [-0.3, -0.25) is 0 Å². The average molecular weight is 530 g/mol. The van der Waals surface area contributed by atoms with Gasteiger partial charge in [-0.15, -0.1) is 0 Å². The summed E-state index contributed by atoms with van der Waals surface area (Å²) >= 11 is 6.32. The van der Waals surface area contributed by atoms with Crippen LogP contribution in [0.25, 0.3) is 0 Å². The number of sulfonamides is 1. The third-order valence-corrected chi connectivity index (χ3v) is 7.30. The molecule has 3 aromatic rings. The maximum atomic E-state index is 12.5. The van der Waals surface area contributed by atoms with Gasteiger partial charge in [-0.05, 0) is 60.7 Å². The molecule has 0 unspecified atom stereocenters. The molecule has 0 spiro atoms. The third-order valence-electron chi connectivity index (χ3n) is 5.43. The summed E-state index contributed by atoms with van der Waals surface area (Å²) in [5.74, 6) is 0.939. The summed E-state index contributed by atoms with van der Waals surface area (Å²) in [7, 11) is -3.31. The van der Waals surface area contributed by atoms with Crippen LogP contribution in [0.4, 0.5) is 33.6 Å². The molecule has 0 fully saturated rings. The molecule has 1 aliphatic heterocycles. The number of amides is 2. The highest BCUT2D eigenvalue weighted by atomic mass is 35.5. The molecule has 2 amide bonds. The molecule has 0 saturated heterocycles. The van der Waals surface area contributed by atoms with E-state index in [-0.39, 0.29) is 18.8 Å². The number of aryl methyl sites for hydroxylation is 2. The van der Waals surface area contributed by atoms with Crippen LogP contribution in [0.1, 0.15) is 24.5 Å². The lowest BCUT2D eigenvalue weighted by Gasteiger charge is -2.15. The van der Waals surface area contributed by atoms with E-state index in [1.165, 1.54) is 6.20 Å². The third kappa shape index (κ3) is 7.06. The summed E-state index contributed by atoms with van der Waals surface area (Å²) in [4.78, 5) is 21.3. The molecular formula is C24H28ClN7O3S. The molecule has 36 heavy (non-hydrogen) atoms. The highest BCUT2D eigenvalue weighted by Crippen LogP contribution is 2.29. The van der Waals surface area contributed by atoms with E-state index in [1.807, 2.05) is 42.5 Å².